The van der Waals surface area contributed by atoms with Crippen LogP contribution in [0.15, 0.2) is 42.5 Å². The number of carbonyl (C=O) groups excluding carboxylic acids is 3. The predicted molar refractivity (Wildman–Crippen MR) is 102 cm³/mol. The molecule has 0 radical (unpaired) electrons. The number of rotatable bonds is 4. The second kappa shape index (κ2) is 7.49. The fourth-order valence-electron chi connectivity index (χ4n) is 2.92. The summed E-state index contributed by atoms with van der Waals surface area (Å²) in [6.07, 6.45) is 0. The lowest BCUT2D eigenvalue weighted by molar-refractivity contribution is -0.130. The molecule has 1 atom stereocenters. The van der Waals surface area contributed by atoms with Crippen LogP contribution in [0.4, 0.5) is 16.2 Å². The molecule has 1 fully saturated rings. The fraction of sp³-hybridized carbons (Fsp3) is 0.250. The molecule has 7 nitrogen and oxygen atoms in total. The molecule has 2 N–H and O–H groups in total. The monoisotopic (exact) mass is 367 g/mol. The average molecular weight is 367 g/mol. The molecule has 2 aromatic carbocycles. The maximum absolute atomic E-state index is 12.9. The maximum Gasteiger partial charge on any atom is 0.328 e. The number of amides is 4. The highest BCUT2D eigenvalue weighted by atomic mass is 16.5. The zero-order chi connectivity index (χ0) is 19.6. The number of anilines is 2. The van der Waals surface area contributed by atoms with Crippen molar-refractivity contribution in [3.63, 3.8) is 0 Å². The van der Waals surface area contributed by atoms with Gasteiger partial charge in [0.1, 0.15) is 11.7 Å². The molecule has 0 aliphatic carbocycles. The molecule has 1 saturated heterocycles. The van der Waals surface area contributed by atoms with Crippen molar-refractivity contribution in [2.75, 3.05) is 23.9 Å². The van der Waals surface area contributed by atoms with Crippen molar-refractivity contribution < 1.29 is 19.1 Å². The zero-order valence-corrected chi connectivity index (χ0v) is 15.4. The lowest BCUT2D eigenvalue weighted by Crippen LogP contribution is -2.58. The molecule has 140 valence electrons. The Bertz CT molecular complexity index is 910. The Hall–Kier alpha value is -3.35. The molecule has 0 bridgehead atoms. The minimum absolute atomic E-state index is 0.0468. The Morgan fingerprint density at radius 1 is 1.19 bits per heavy atom. The molecule has 1 aliphatic rings. The fourth-order valence-corrected chi connectivity index (χ4v) is 2.92. The SMILES string of the molecule is COc1cccc(N2C(=O)NCC(C(=O)Nc3cccc(C)c3C)C2=O)c1. The molecule has 0 aromatic heterocycles. The molecule has 0 saturated carbocycles. The van der Waals surface area contributed by atoms with E-state index in [2.05, 4.69) is 10.6 Å². The average Bonchev–Trinajstić information content (AvgIpc) is 2.65. The van der Waals surface area contributed by atoms with Crippen LogP contribution in [0.2, 0.25) is 0 Å². The van der Waals surface area contributed by atoms with Gasteiger partial charge in [0.15, 0.2) is 0 Å². The first-order chi connectivity index (χ1) is 12.9. The highest BCUT2D eigenvalue weighted by Gasteiger charge is 2.39. The van der Waals surface area contributed by atoms with Gasteiger partial charge in [0.25, 0.3) is 0 Å². The van der Waals surface area contributed by atoms with Crippen molar-refractivity contribution in [1.82, 2.24) is 5.32 Å². The molecule has 2 aromatic rings. The van der Waals surface area contributed by atoms with E-state index in [0.29, 0.717) is 17.1 Å². The summed E-state index contributed by atoms with van der Waals surface area (Å²) in [5, 5.41) is 5.40. The predicted octanol–water partition coefficient (Wildman–Crippen LogP) is 2.62. The highest BCUT2D eigenvalue weighted by Crippen LogP contribution is 2.25. The number of benzene rings is 2. The van der Waals surface area contributed by atoms with E-state index in [9.17, 15) is 14.4 Å². The highest BCUT2D eigenvalue weighted by molar-refractivity contribution is 6.23. The lowest BCUT2D eigenvalue weighted by Gasteiger charge is -2.31. The van der Waals surface area contributed by atoms with Crippen LogP contribution < -0.4 is 20.3 Å². The number of imide groups is 1. The maximum atomic E-state index is 12.9. The summed E-state index contributed by atoms with van der Waals surface area (Å²) in [6.45, 7) is 3.80. The van der Waals surface area contributed by atoms with Gasteiger partial charge in [-0.15, -0.1) is 0 Å². The van der Waals surface area contributed by atoms with E-state index in [1.165, 1.54) is 7.11 Å². The van der Waals surface area contributed by atoms with E-state index in [1.807, 2.05) is 26.0 Å². The van der Waals surface area contributed by atoms with Crippen molar-refractivity contribution in [2.45, 2.75) is 13.8 Å². The third-order valence-corrected chi connectivity index (χ3v) is 4.67. The molecule has 27 heavy (non-hydrogen) atoms. The van der Waals surface area contributed by atoms with E-state index in [1.54, 1.807) is 30.3 Å². The number of nitrogens with zero attached hydrogens (tertiary/aromatic N) is 1. The van der Waals surface area contributed by atoms with Crippen LogP contribution in [-0.2, 0) is 9.59 Å². The van der Waals surface area contributed by atoms with Gasteiger partial charge in [0.05, 0.1) is 12.8 Å². The van der Waals surface area contributed by atoms with Gasteiger partial charge in [-0.05, 0) is 43.2 Å². The molecular formula is C20H21N3O4. The van der Waals surface area contributed by atoms with Gasteiger partial charge in [-0.25, -0.2) is 9.69 Å². The topological polar surface area (TPSA) is 87.7 Å². The molecule has 1 unspecified atom stereocenters. The first kappa shape index (κ1) is 18.4. The Labute approximate surface area is 157 Å². The second-order valence-corrected chi connectivity index (χ2v) is 6.35. The van der Waals surface area contributed by atoms with E-state index < -0.39 is 23.8 Å². The van der Waals surface area contributed by atoms with Gasteiger partial charge in [-0.3, -0.25) is 9.59 Å². The summed E-state index contributed by atoms with van der Waals surface area (Å²) >= 11 is 0. The zero-order valence-electron chi connectivity index (χ0n) is 15.4. The minimum Gasteiger partial charge on any atom is -0.497 e. The second-order valence-electron chi connectivity index (χ2n) is 6.35. The van der Waals surface area contributed by atoms with Gasteiger partial charge in [-0.2, -0.15) is 0 Å². The number of hydrogen-bond donors (Lipinski definition) is 2. The Balaban J connectivity index is 1.84. The van der Waals surface area contributed by atoms with E-state index in [4.69, 9.17) is 4.74 Å². The number of hydrogen-bond acceptors (Lipinski definition) is 4. The molecule has 0 spiro atoms. The Morgan fingerprint density at radius 2 is 1.93 bits per heavy atom. The molecule has 7 heteroatoms. The van der Waals surface area contributed by atoms with Crippen LogP contribution in [0.25, 0.3) is 0 Å². The number of urea groups is 1. The molecule has 1 heterocycles. The van der Waals surface area contributed by atoms with Crippen molar-refractivity contribution in [3.05, 3.63) is 53.6 Å². The molecule has 3 rings (SSSR count). The van der Waals surface area contributed by atoms with Crippen LogP contribution in [0.3, 0.4) is 0 Å². The number of ether oxygens (including phenoxy) is 1. The lowest BCUT2D eigenvalue weighted by atomic mass is 10.0. The number of methoxy groups -OCH3 is 1. The summed E-state index contributed by atoms with van der Waals surface area (Å²) < 4.78 is 5.14. The Morgan fingerprint density at radius 3 is 2.67 bits per heavy atom. The summed E-state index contributed by atoms with van der Waals surface area (Å²) in [5.41, 5.74) is 2.97. The summed E-state index contributed by atoms with van der Waals surface area (Å²) in [4.78, 5) is 38.8. The van der Waals surface area contributed by atoms with E-state index in [-0.39, 0.29) is 6.54 Å². The van der Waals surface area contributed by atoms with Crippen LogP contribution in [0.5, 0.6) is 5.75 Å². The third-order valence-electron chi connectivity index (χ3n) is 4.67. The first-order valence-electron chi connectivity index (χ1n) is 8.55. The summed E-state index contributed by atoms with van der Waals surface area (Å²) in [7, 11) is 1.50. The number of aryl methyl sites for hydroxylation is 1. The van der Waals surface area contributed by atoms with Gasteiger partial charge in [0, 0.05) is 18.3 Å². The molecule has 1 aliphatic heterocycles. The van der Waals surface area contributed by atoms with E-state index >= 15 is 0 Å². The van der Waals surface area contributed by atoms with Crippen LogP contribution in [0, 0.1) is 19.8 Å². The summed E-state index contributed by atoms with van der Waals surface area (Å²) in [6, 6.07) is 11.6. The van der Waals surface area contributed by atoms with Crippen molar-refractivity contribution in [2.24, 2.45) is 5.92 Å². The largest absolute Gasteiger partial charge is 0.497 e. The first-order valence-corrected chi connectivity index (χ1v) is 8.55. The Kier molecular flexibility index (Phi) is 5.12. The minimum atomic E-state index is -1.02. The smallest absolute Gasteiger partial charge is 0.328 e. The van der Waals surface area contributed by atoms with Crippen LogP contribution >= 0.6 is 0 Å². The van der Waals surface area contributed by atoms with Gasteiger partial charge < -0.3 is 15.4 Å². The standard InChI is InChI=1S/C20H21N3O4/c1-12-6-4-9-17(13(12)2)22-18(24)16-11-21-20(26)23(19(16)25)14-7-5-8-15(10-14)27-3/h4-10,16H,11H2,1-3H3,(H,21,26)(H,22,24). The van der Waals surface area contributed by atoms with Crippen molar-refractivity contribution in [3.8, 4) is 5.75 Å². The number of nitrogens with one attached hydrogen (secondary N) is 2. The normalized spacial score (nSPS) is 16.7. The van der Waals surface area contributed by atoms with Crippen molar-refractivity contribution in [1.29, 1.82) is 0 Å². The van der Waals surface area contributed by atoms with E-state index in [0.717, 1.165) is 16.0 Å². The van der Waals surface area contributed by atoms with Gasteiger partial charge in [0.2, 0.25) is 11.8 Å². The van der Waals surface area contributed by atoms with Gasteiger partial charge >= 0.3 is 6.03 Å². The van der Waals surface area contributed by atoms with Crippen LogP contribution in [0.1, 0.15) is 11.1 Å². The van der Waals surface area contributed by atoms with Crippen LogP contribution in [-0.4, -0.2) is 31.5 Å². The third kappa shape index (κ3) is 3.62. The number of carbonyl (C=O) groups is 3. The quantitative estimate of drug-likeness (QED) is 0.813. The molecule has 4 amide bonds. The summed E-state index contributed by atoms with van der Waals surface area (Å²) in [5.74, 6) is -1.54. The van der Waals surface area contributed by atoms with Gasteiger partial charge in [-0.1, -0.05) is 18.2 Å². The molecular weight excluding hydrogens is 346 g/mol. The van der Waals surface area contributed by atoms with Crippen molar-refractivity contribution >= 4 is 29.2 Å².